The SMILES string of the molecule is CC(C)NC(=O)Nc1cccnc1N1CCCC1. The van der Waals surface area contributed by atoms with Crippen LogP contribution < -0.4 is 15.5 Å². The molecule has 5 nitrogen and oxygen atoms in total. The number of pyridine rings is 1. The van der Waals surface area contributed by atoms with Crippen LogP contribution >= 0.6 is 0 Å². The third kappa shape index (κ3) is 3.12. The van der Waals surface area contributed by atoms with E-state index in [-0.39, 0.29) is 12.1 Å². The van der Waals surface area contributed by atoms with E-state index in [0.717, 1.165) is 24.6 Å². The average Bonchev–Trinajstić information content (AvgIpc) is 2.81. The van der Waals surface area contributed by atoms with Gasteiger partial charge in [0.1, 0.15) is 0 Å². The molecule has 0 radical (unpaired) electrons. The molecule has 1 aromatic rings. The van der Waals surface area contributed by atoms with Gasteiger partial charge in [-0.25, -0.2) is 9.78 Å². The second kappa shape index (κ2) is 5.71. The van der Waals surface area contributed by atoms with Crippen molar-refractivity contribution in [1.82, 2.24) is 10.3 Å². The summed E-state index contributed by atoms with van der Waals surface area (Å²) in [5, 5.41) is 5.68. The summed E-state index contributed by atoms with van der Waals surface area (Å²) in [6.45, 7) is 5.89. The van der Waals surface area contributed by atoms with E-state index in [1.807, 2.05) is 26.0 Å². The van der Waals surface area contributed by atoms with Crippen molar-refractivity contribution in [2.24, 2.45) is 0 Å². The first-order valence-corrected chi connectivity index (χ1v) is 6.44. The fraction of sp³-hybridized carbons (Fsp3) is 0.538. The molecule has 0 saturated carbocycles. The lowest BCUT2D eigenvalue weighted by Crippen LogP contribution is -2.34. The summed E-state index contributed by atoms with van der Waals surface area (Å²) >= 11 is 0. The molecule has 0 spiro atoms. The van der Waals surface area contributed by atoms with E-state index in [4.69, 9.17) is 0 Å². The van der Waals surface area contributed by atoms with Crippen molar-refractivity contribution < 1.29 is 4.79 Å². The van der Waals surface area contributed by atoms with Crippen LogP contribution in [0.3, 0.4) is 0 Å². The van der Waals surface area contributed by atoms with Crippen molar-refractivity contribution in [2.45, 2.75) is 32.7 Å². The van der Waals surface area contributed by atoms with Gasteiger partial charge in [-0.1, -0.05) is 0 Å². The molecular weight excluding hydrogens is 228 g/mol. The Hall–Kier alpha value is -1.78. The van der Waals surface area contributed by atoms with E-state index in [1.54, 1.807) is 6.20 Å². The van der Waals surface area contributed by atoms with E-state index in [2.05, 4.69) is 20.5 Å². The minimum absolute atomic E-state index is 0.122. The molecule has 2 rings (SSSR count). The van der Waals surface area contributed by atoms with Crippen LogP contribution in [0.1, 0.15) is 26.7 Å². The summed E-state index contributed by atoms with van der Waals surface area (Å²) in [5.74, 6) is 0.869. The first-order chi connectivity index (χ1) is 8.66. The van der Waals surface area contributed by atoms with Gasteiger partial charge in [-0.2, -0.15) is 0 Å². The van der Waals surface area contributed by atoms with Gasteiger partial charge in [0.25, 0.3) is 0 Å². The van der Waals surface area contributed by atoms with Gasteiger partial charge in [-0.3, -0.25) is 0 Å². The quantitative estimate of drug-likeness (QED) is 0.862. The minimum atomic E-state index is -0.182. The fourth-order valence-corrected chi connectivity index (χ4v) is 2.10. The number of nitrogens with zero attached hydrogens (tertiary/aromatic N) is 2. The van der Waals surface area contributed by atoms with Crippen molar-refractivity contribution in [3.63, 3.8) is 0 Å². The molecule has 0 atom stereocenters. The van der Waals surface area contributed by atoms with Gasteiger partial charge in [0.05, 0.1) is 5.69 Å². The molecule has 0 bridgehead atoms. The molecule has 1 aliphatic heterocycles. The van der Waals surface area contributed by atoms with Crippen molar-refractivity contribution in [3.05, 3.63) is 18.3 Å². The lowest BCUT2D eigenvalue weighted by Gasteiger charge is -2.20. The molecule has 0 aliphatic carbocycles. The molecule has 2 heterocycles. The Morgan fingerprint density at radius 1 is 1.39 bits per heavy atom. The summed E-state index contributed by atoms with van der Waals surface area (Å²) in [5.41, 5.74) is 0.776. The fourth-order valence-electron chi connectivity index (χ4n) is 2.10. The first kappa shape index (κ1) is 12.7. The van der Waals surface area contributed by atoms with Crippen LogP contribution in [0, 0.1) is 0 Å². The summed E-state index contributed by atoms with van der Waals surface area (Å²) in [6, 6.07) is 3.67. The van der Waals surface area contributed by atoms with Crippen molar-refractivity contribution in [3.8, 4) is 0 Å². The van der Waals surface area contributed by atoms with Crippen molar-refractivity contribution in [2.75, 3.05) is 23.3 Å². The molecular formula is C13H20N4O. The Morgan fingerprint density at radius 3 is 2.78 bits per heavy atom. The monoisotopic (exact) mass is 248 g/mol. The molecule has 1 aromatic heterocycles. The van der Waals surface area contributed by atoms with Crippen LogP contribution in [-0.4, -0.2) is 30.1 Å². The molecule has 1 fully saturated rings. The van der Waals surface area contributed by atoms with Crippen molar-refractivity contribution in [1.29, 1.82) is 0 Å². The third-order valence-corrected chi connectivity index (χ3v) is 2.86. The van der Waals surface area contributed by atoms with Gasteiger partial charge in [-0.05, 0) is 38.8 Å². The van der Waals surface area contributed by atoms with Crippen LogP contribution in [-0.2, 0) is 0 Å². The summed E-state index contributed by atoms with van der Waals surface area (Å²) in [4.78, 5) is 18.3. The lowest BCUT2D eigenvalue weighted by atomic mass is 10.3. The molecule has 1 aliphatic rings. The number of amides is 2. The number of carbonyl (C=O) groups is 1. The number of hydrogen-bond acceptors (Lipinski definition) is 3. The Labute approximate surface area is 108 Å². The Kier molecular flexibility index (Phi) is 4.02. The lowest BCUT2D eigenvalue weighted by molar-refractivity contribution is 0.250. The molecule has 0 aromatic carbocycles. The number of urea groups is 1. The van der Waals surface area contributed by atoms with Crippen LogP contribution in [0.2, 0.25) is 0 Å². The zero-order valence-electron chi connectivity index (χ0n) is 10.9. The topological polar surface area (TPSA) is 57.3 Å². The van der Waals surface area contributed by atoms with Gasteiger partial charge in [0.15, 0.2) is 5.82 Å². The van der Waals surface area contributed by atoms with Gasteiger partial charge in [0.2, 0.25) is 0 Å². The predicted molar refractivity (Wildman–Crippen MR) is 73.0 cm³/mol. The maximum atomic E-state index is 11.7. The van der Waals surface area contributed by atoms with Gasteiger partial charge in [0, 0.05) is 25.3 Å². The maximum Gasteiger partial charge on any atom is 0.319 e. The smallest absolute Gasteiger partial charge is 0.319 e. The molecule has 18 heavy (non-hydrogen) atoms. The highest BCUT2D eigenvalue weighted by Crippen LogP contribution is 2.25. The second-order valence-electron chi connectivity index (χ2n) is 4.82. The van der Waals surface area contributed by atoms with Crippen LogP contribution in [0.4, 0.5) is 16.3 Å². The summed E-state index contributed by atoms with van der Waals surface area (Å²) < 4.78 is 0. The first-order valence-electron chi connectivity index (χ1n) is 6.44. The van der Waals surface area contributed by atoms with Crippen LogP contribution in [0.25, 0.3) is 0 Å². The number of aromatic nitrogens is 1. The summed E-state index contributed by atoms with van der Waals surface area (Å²) in [7, 11) is 0. The highest BCUT2D eigenvalue weighted by molar-refractivity contribution is 5.92. The second-order valence-corrected chi connectivity index (χ2v) is 4.82. The average molecular weight is 248 g/mol. The van der Waals surface area contributed by atoms with Crippen LogP contribution in [0.5, 0.6) is 0 Å². The van der Waals surface area contributed by atoms with Crippen molar-refractivity contribution >= 4 is 17.5 Å². The number of hydrogen-bond donors (Lipinski definition) is 2. The zero-order chi connectivity index (χ0) is 13.0. The highest BCUT2D eigenvalue weighted by Gasteiger charge is 2.17. The number of carbonyl (C=O) groups excluding carboxylic acids is 1. The minimum Gasteiger partial charge on any atom is -0.355 e. The van der Waals surface area contributed by atoms with Gasteiger partial charge >= 0.3 is 6.03 Å². The molecule has 5 heteroatoms. The molecule has 0 unspecified atom stereocenters. The van der Waals surface area contributed by atoms with E-state index in [0.29, 0.717) is 0 Å². The van der Waals surface area contributed by atoms with E-state index < -0.39 is 0 Å². The maximum absolute atomic E-state index is 11.7. The normalized spacial score (nSPS) is 14.9. The summed E-state index contributed by atoms with van der Waals surface area (Å²) in [6.07, 6.45) is 4.14. The molecule has 98 valence electrons. The molecule has 2 amide bonds. The Bertz CT molecular complexity index is 413. The highest BCUT2D eigenvalue weighted by atomic mass is 16.2. The molecule has 2 N–H and O–H groups in total. The Balaban J connectivity index is 2.09. The number of rotatable bonds is 3. The standard InChI is InChI=1S/C13H20N4O/c1-10(2)15-13(18)16-11-6-5-7-14-12(11)17-8-3-4-9-17/h5-7,10H,3-4,8-9H2,1-2H3,(H2,15,16,18). The van der Waals surface area contributed by atoms with Gasteiger partial charge < -0.3 is 15.5 Å². The van der Waals surface area contributed by atoms with E-state index in [9.17, 15) is 4.79 Å². The number of nitrogens with one attached hydrogen (secondary N) is 2. The van der Waals surface area contributed by atoms with E-state index >= 15 is 0 Å². The largest absolute Gasteiger partial charge is 0.355 e. The zero-order valence-corrected chi connectivity index (χ0v) is 10.9. The third-order valence-electron chi connectivity index (χ3n) is 2.86. The number of anilines is 2. The molecule has 1 saturated heterocycles. The Morgan fingerprint density at radius 2 is 2.11 bits per heavy atom. The van der Waals surface area contributed by atoms with Gasteiger partial charge in [-0.15, -0.1) is 0 Å². The van der Waals surface area contributed by atoms with Crippen LogP contribution in [0.15, 0.2) is 18.3 Å². The van der Waals surface area contributed by atoms with E-state index in [1.165, 1.54) is 12.8 Å². The predicted octanol–water partition coefficient (Wildman–Crippen LogP) is 2.21.